The number of hydrogen-bond acceptors (Lipinski definition) is 2. The molecule has 96 valence electrons. The minimum absolute atomic E-state index is 0.00857. The van der Waals surface area contributed by atoms with Crippen LogP contribution in [0.25, 0.3) is 0 Å². The van der Waals surface area contributed by atoms with Crippen LogP contribution < -0.4 is 5.32 Å². The van der Waals surface area contributed by atoms with Gasteiger partial charge in [0.15, 0.2) is 0 Å². The Morgan fingerprint density at radius 2 is 1.75 bits per heavy atom. The van der Waals surface area contributed by atoms with E-state index < -0.39 is 0 Å². The van der Waals surface area contributed by atoms with Crippen LogP contribution in [0.4, 0.5) is 0 Å². The summed E-state index contributed by atoms with van der Waals surface area (Å²) in [7, 11) is 0. The van der Waals surface area contributed by atoms with Crippen molar-refractivity contribution in [2.75, 3.05) is 6.61 Å². The Bertz CT molecular complexity index is 190. The van der Waals surface area contributed by atoms with Crippen molar-refractivity contribution in [2.45, 2.75) is 66.0 Å². The Hall–Kier alpha value is -0.570. The maximum absolute atomic E-state index is 11.4. The zero-order valence-electron chi connectivity index (χ0n) is 11.4. The first-order valence-corrected chi connectivity index (χ1v) is 6.32. The van der Waals surface area contributed by atoms with E-state index in [2.05, 4.69) is 19.2 Å². The van der Waals surface area contributed by atoms with E-state index in [0.717, 1.165) is 12.3 Å². The van der Waals surface area contributed by atoms with Gasteiger partial charge in [0.2, 0.25) is 5.91 Å². The third-order valence-electron chi connectivity index (χ3n) is 2.37. The highest BCUT2D eigenvalue weighted by Gasteiger charge is 2.08. The standard InChI is InChI=1S/C13H27NO2/c1-10(2)7-6-8-12(5)14-13(15)9-16-11(3)4/h10-12H,6-9H2,1-5H3,(H,14,15). The van der Waals surface area contributed by atoms with Gasteiger partial charge in [-0.1, -0.05) is 26.7 Å². The number of carbonyl (C=O) groups excluding carboxylic acids is 1. The molecule has 0 saturated heterocycles. The molecule has 1 N–H and O–H groups in total. The SMILES string of the molecule is CC(C)CCCC(C)NC(=O)COC(C)C. The highest BCUT2D eigenvalue weighted by Crippen LogP contribution is 2.08. The highest BCUT2D eigenvalue weighted by atomic mass is 16.5. The lowest BCUT2D eigenvalue weighted by atomic mass is 10.0. The molecule has 0 radical (unpaired) electrons. The molecule has 0 aliphatic rings. The summed E-state index contributed by atoms with van der Waals surface area (Å²) in [6.45, 7) is 10.5. The molecule has 0 aromatic carbocycles. The highest BCUT2D eigenvalue weighted by molar-refractivity contribution is 5.77. The third kappa shape index (κ3) is 9.97. The molecule has 0 aromatic rings. The summed E-state index contributed by atoms with van der Waals surface area (Å²) >= 11 is 0. The van der Waals surface area contributed by atoms with Crippen molar-refractivity contribution in [3.8, 4) is 0 Å². The van der Waals surface area contributed by atoms with E-state index >= 15 is 0 Å². The molecule has 0 bridgehead atoms. The van der Waals surface area contributed by atoms with Gasteiger partial charge in [-0.2, -0.15) is 0 Å². The average molecular weight is 229 g/mol. The van der Waals surface area contributed by atoms with Crippen molar-refractivity contribution in [2.24, 2.45) is 5.92 Å². The fraction of sp³-hybridized carbons (Fsp3) is 0.923. The number of hydrogen-bond donors (Lipinski definition) is 1. The first-order chi connectivity index (χ1) is 7.41. The molecule has 3 heteroatoms. The van der Waals surface area contributed by atoms with Gasteiger partial charge >= 0.3 is 0 Å². The Kier molecular flexibility index (Phi) is 8.26. The van der Waals surface area contributed by atoms with Crippen molar-refractivity contribution in [1.82, 2.24) is 5.32 Å². The predicted octanol–water partition coefficient (Wildman–Crippen LogP) is 2.74. The molecule has 3 nitrogen and oxygen atoms in total. The maximum atomic E-state index is 11.4. The molecule has 0 rings (SSSR count). The lowest BCUT2D eigenvalue weighted by Gasteiger charge is -2.15. The summed E-state index contributed by atoms with van der Waals surface area (Å²) < 4.78 is 5.24. The molecular formula is C13H27NO2. The molecule has 1 atom stereocenters. The first-order valence-electron chi connectivity index (χ1n) is 6.32. The van der Waals surface area contributed by atoms with Gasteiger partial charge in [-0.3, -0.25) is 4.79 Å². The van der Waals surface area contributed by atoms with E-state index in [4.69, 9.17) is 4.74 Å². The Balaban J connectivity index is 3.54. The Morgan fingerprint density at radius 1 is 1.12 bits per heavy atom. The van der Waals surface area contributed by atoms with E-state index in [0.29, 0.717) is 0 Å². The van der Waals surface area contributed by atoms with Crippen LogP contribution in [-0.2, 0) is 9.53 Å². The summed E-state index contributed by atoms with van der Waals surface area (Å²) in [6.07, 6.45) is 3.56. The molecule has 1 amide bonds. The van der Waals surface area contributed by atoms with Crippen LogP contribution in [0.3, 0.4) is 0 Å². The normalized spacial score (nSPS) is 13.2. The third-order valence-corrected chi connectivity index (χ3v) is 2.37. The van der Waals surface area contributed by atoms with Crippen molar-refractivity contribution in [1.29, 1.82) is 0 Å². The van der Waals surface area contributed by atoms with Crippen LogP contribution in [0.5, 0.6) is 0 Å². The van der Waals surface area contributed by atoms with Crippen LogP contribution in [0.15, 0.2) is 0 Å². The number of ether oxygens (including phenoxy) is 1. The van der Waals surface area contributed by atoms with E-state index in [1.54, 1.807) is 0 Å². The monoisotopic (exact) mass is 229 g/mol. The van der Waals surface area contributed by atoms with Crippen molar-refractivity contribution in [3.05, 3.63) is 0 Å². The first kappa shape index (κ1) is 15.4. The van der Waals surface area contributed by atoms with Crippen LogP contribution in [0, 0.1) is 5.92 Å². The van der Waals surface area contributed by atoms with Crippen molar-refractivity contribution >= 4 is 5.91 Å². The second kappa shape index (κ2) is 8.57. The van der Waals surface area contributed by atoms with Crippen LogP contribution in [-0.4, -0.2) is 24.7 Å². The Labute approximate surface area is 99.9 Å². The van der Waals surface area contributed by atoms with Gasteiger partial charge in [0.25, 0.3) is 0 Å². The zero-order chi connectivity index (χ0) is 12.6. The summed E-state index contributed by atoms with van der Waals surface area (Å²) in [6, 6.07) is 0.252. The Morgan fingerprint density at radius 3 is 2.25 bits per heavy atom. The van der Waals surface area contributed by atoms with Gasteiger partial charge < -0.3 is 10.1 Å². The summed E-state index contributed by atoms with van der Waals surface area (Å²) in [5.74, 6) is 0.734. The number of rotatable bonds is 8. The molecule has 0 fully saturated rings. The van der Waals surface area contributed by atoms with Gasteiger partial charge in [-0.05, 0) is 33.1 Å². The average Bonchev–Trinajstić information content (AvgIpc) is 2.14. The molecule has 0 spiro atoms. The van der Waals surface area contributed by atoms with Crippen molar-refractivity contribution < 1.29 is 9.53 Å². The summed E-state index contributed by atoms with van der Waals surface area (Å²) in [5.41, 5.74) is 0. The number of nitrogens with one attached hydrogen (secondary N) is 1. The molecule has 1 unspecified atom stereocenters. The van der Waals surface area contributed by atoms with Gasteiger partial charge in [0.1, 0.15) is 6.61 Å². The number of amides is 1. The van der Waals surface area contributed by atoms with E-state index in [1.165, 1.54) is 12.8 Å². The van der Waals surface area contributed by atoms with Gasteiger partial charge in [0, 0.05) is 6.04 Å². The largest absolute Gasteiger partial charge is 0.369 e. The van der Waals surface area contributed by atoms with Crippen LogP contribution in [0.2, 0.25) is 0 Å². The van der Waals surface area contributed by atoms with Crippen molar-refractivity contribution in [3.63, 3.8) is 0 Å². The molecule has 0 aliphatic heterocycles. The quantitative estimate of drug-likeness (QED) is 0.695. The fourth-order valence-corrected chi connectivity index (χ4v) is 1.46. The molecule has 0 aromatic heterocycles. The van der Waals surface area contributed by atoms with Gasteiger partial charge in [-0.25, -0.2) is 0 Å². The van der Waals surface area contributed by atoms with Gasteiger partial charge in [0.05, 0.1) is 6.10 Å². The lowest BCUT2D eigenvalue weighted by molar-refractivity contribution is -0.127. The number of carbonyl (C=O) groups is 1. The van der Waals surface area contributed by atoms with Crippen LogP contribution >= 0.6 is 0 Å². The summed E-state index contributed by atoms with van der Waals surface area (Å²) in [5, 5.41) is 2.95. The predicted molar refractivity (Wildman–Crippen MR) is 67.4 cm³/mol. The second-order valence-electron chi connectivity index (χ2n) is 5.15. The molecular weight excluding hydrogens is 202 g/mol. The fourth-order valence-electron chi connectivity index (χ4n) is 1.46. The molecule has 0 aliphatic carbocycles. The summed E-state index contributed by atoms with van der Waals surface area (Å²) in [4.78, 5) is 11.4. The molecule has 0 heterocycles. The smallest absolute Gasteiger partial charge is 0.246 e. The minimum atomic E-state index is -0.00857. The van der Waals surface area contributed by atoms with Gasteiger partial charge in [-0.15, -0.1) is 0 Å². The zero-order valence-corrected chi connectivity index (χ0v) is 11.4. The minimum Gasteiger partial charge on any atom is -0.369 e. The van der Waals surface area contributed by atoms with E-state index in [9.17, 15) is 4.79 Å². The lowest BCUT2D eigenvalue weighted by Crippen LogP contribution is -2.35. The van der Waals surface area contributed by atoms with Crippen LogP contribution in [0.1, 0.15) is 53.9 Å². The maximum Gasteiger partial charge on any atom is 0.246 e. The molecule has 16 heavy (non-hydrogen) atoms. The molecule has 0 saturated carbocycles. The topological polar surface area (TPSA) is 38.3 Å². The second-order valence-corrected chi connectivity index (χ2v) is 5.15. The van der Waals surface area contributed by atoms with E-state index in [1.807, 2.05) is 20.8 Å². The van der Waals surface area contributed by atoms with E-state index in [-0.39, 0.29) is 24.7 Å².